The van der Waals surface area contributed by atoms with E-state index in [2.05, 4.69) is 10.1 Å². The van der Waals surface area contributed by atoms with Crippen molar-refractivity contribution >= 4 is 22.6 Å². The summed E-state index contributed by atoms with van der Waals surface area (Å²) in [5.41, 5.74) is 0.0463. The van der Waals surface area contributed by atoms with Crippen LogP contribution >= 0.6 is 0 Å². The first kappa shape index (κ1) is 25.1. The third-order valence-electron chi connectivity index (χ3n) is 4.95. The molecule has 10 heteroatoms. The highest BCUT2D eigenvalue weighted by molar-refractivity contribution is 6.06. The van der Waals surface area contributed by atoms with Crippen molar-refractivity contribution in [1.29, 1.82) is 0 Å². The minimum atomic E-state index is -4.97. The van der Waals surface area contributed by atoms with Crippen LogP contribution in [0.4, 0.5) is 18.9 Å². The Labute approximate surface area is 194 Å². The molecule has 0 aliphatic carbocycles. The molecule has 1 heterocycles. The molecule has 2 aromatic carbocycles. The Morgan fingerprint density at radius 2 is 1.85 bits per heavy atom. The van der Waals surface area contributed by atoms with E-state index in [1.54, 1.807) is 37.2 Å². The van der Waals surface area contributed by atoms with Gasteiger partial charge in [0.05, 0.1) is 12.8 Å². The van der Waals surface area contributed by atoms with Crippen LogP contribution in [0.3, 0.4) is 0 Å². The first-order valence-electron chi connectivity index (χ1n) is 10.5. The van der Waals surface area contributed by atoms with Gasteiger partial charge in [0.15, 0.2) is 5.75 Å². The van der Waals surface area contributed by atoms with Crippen molar-refractivity contribution in [2.24, 2.45) is 0 Å². The maximum Gasteiger partial charge on any atom is 0.573 e. The highest BCUT2D eigenvalue weighted by atomic mass is 19.4. The molecule has 1 N–H and O–H groups in total. The van der Waals surface area contributed by atoms with Gasteiger partial charge in [-0.1, -0.05) is 19.4 Å². The van der Waals surface area contributed by atoms with Crippen LogP contribution in [0.25, 0.3) is 11.0 Å². The monoisotopic (exact) mass is 478 g/mol. The first-order valence-corrected chi connectivity index (χ1v) is 10.5. The Morgan fingerprint density at radius 3 is 2.47 bits per heavy atom. The van der Waals surface area contributed by atoms with Gasteiger partial charge in [-0.05, 0) is 56.4 Å². The van der Waals surface area contributed by atoms with Crippen LogP contribution in [0, 0.1) is 0 Å². The highest BCUT2D eigenvalue weighted by Crippen LogP contribution is 2.33. The lowest BCUT2D eigenvalue weighted by Crippen LogP contribution is -2.23. The van der Waals surface area contributed by atoms with Crippen molar-refractivity contribution in [1.82, 2.24) is 4.90 Å². The third-order valence-corrected chi connectivity index (χ3v) is 4.95. The summed E-state index contributed by atoms with van der Waals surface area (Å²) >= 11 is 0. The summed E-state index contributed by atoms with van der Waals surface area (Å²) in [4.78, 5) is 27.2. The number of fused-ring (bicyclic) bond motifs is 1. The minimum absolute atomic E-state index is 0.231. The zero-order valence-corrected chi connectivity index (χ0v) is 19.2. The zero-order chi connectivity index (χ0) is 25.0. The fourth-order valence-electron chi connectivity index (χ4n) is 3.59. The second-order valence-electron chi connectivity index (χ2n) is 7.93. The summed E-state index contributed by atoms with van der Waals surface area (Å²) in [5.74, 6) is -0.947. The molecule has 7 nitrogen and oxygen atoms in total. The molecular formula is C24H25F3N2O5. The van der Waals surface area contributed by atoms with E-state index >= 15 is 0 Å². The van der Waals surface area contributed by atoms with Gasteiger partial charge in [-0.25, -0.2) is 4.79 Å². The number of nitrogens with zero attached hydrogens (tertiary/aromatic N) is 1. The molecule has 1 amide bonds. The number of amides is 1. The van der Waals surface area contributed by atoms with Crippen molar-refractivity contribution in [3.8, 4) is 11.5 Å². The van der Waals surface area contributed by atoms with Gasteiger partial charge in [0, 0.05) is 17.5 Å². The van der Waals surface area contributed by atoms with Crippen molar-refractivity contribution in [3.05, 3.63) is 63.5 Å². The average molecular weight is 478 g/mol. The topological polar surface area (TPSA) is 81.0 Å². The maximum absolute atomic E-state index is 13.0. The number of rotatable bonds is 8. The second-order valence-corrected chi connectivity index (χ2v) is 7.93. The number of anilines is 1. The summed E-state index contributed by atoms with van der Waals surface area (Å²) in [7, 11) is 5.03. The maximum atomic E-state index is 13.0. The molecule has 0 radical (unpaired) electrons. The van der Waals surface area contributed by atoms with E-state index in [0.29, 0.717) is 40.8 Å². The number of ether oxygens (including phenoxy) is 2. The molecule has 0 saturated carbocycles. The average Bonchev–Trinajstić information content (AvgIpc) is 2.74. The molecule has 34 heavy (non-hydrogen) atoms. The lowest BCUT2D eigenvalue weighted by molar-refractivity contribution is -0.274. The van der Waals surface area contributed by atoms with Crippen molar-refractivity contribution < 1.29 is 31.9 Å². The molecule has 0 bridgehead atoms. The SMILES string of the molecule is CCCc1c(OC)ccc2cc(C(=O)Nc3ccc(CN(C)C)cc3OC(F)(F)F)c(=O)oc12. The second kappa shape index (κ2) is 10.2. The van der Waals surface area contributed by atoms with E-state index in [1.165, 1.54) is 25.3 Å². The van der Waals surface area contributed by atoms with E-state index in [-0.39, 0.29) is 11.3 Å². The zero-order valence-electron chi connectivity index (χ0n) is 19.2. The number of alkyl halides is 3. The van der Waals surface area contributed by atoms with Gasteiger partial charge in [-0.2, -0.15) is 0 Å². The van der Waals surface area contributed by atoms with Crippen LogP contribution in [-0.4, -0.2) is 38.4 Å². The van der Waals surface area contributed by atoms with E-state index in [9.17, 15) is 22.8 Å². The summed E-state index contributed by atoms with van der Waals surface area (Å²) in [6.45, 7) is 2.32. The van der Waals surface area contributed by atoms with Crippen molar-refractivity contribution in [3.63, 3.8) is 0 Å². The molecule has 182 valence electrons. The van der Waals surface area contributed by atoms with Crippen LogP contribution < -0.4 is 20.4 Å². The first-order chi connectivity index (χ1) is 16.0. The fraction of sp³-hybridized carbons (Fsp3) is 0.333. The number of halogens is 3. The van der Waals surface area contributed by atoms with Gasteiger partial charge >= 0.3 is 12.0 Å². The molecule has 0 saturated heterocycles. The normalized spacial score (nSPS) is 11.6. The molecule has 3 rings (SSSR count). The molecular weight excluding hydrogens is 453 g/mol. The predicted molar refractivity (Wildman–Crippen MR) is 122 cm³/mol. The van der Waals surface area contributed by atoms with Gasteiger partial charge < -0.3 is 24.1 Å². The Bertz CT molecular complexity index is 1250. The number of carbonyl (C=O) groups is 1. The van der Waals surface area contributed by atoms with Gasteiger partial charge in [-0.15, -0.1) is 13.2 Å². The summed E-state index contributed by atoms with van der Waals surface area (Å²) in [6.07, 6.45) is -3.60. The van der Waals surface area contributed by atoms with Crippen LogP contribution in [0.15, 0.2) is 45.6 Å². The number of carbonyl (C=O) groups excluding carboxylic acids is 1. The number of aryl methyl sites for hydroxylation is 1. The third kappa shape index (κ3) is 5.88. The molecule has 0 aliphatic heterocycles. The summed E-state index contributed by atoms with van der Waals surface area (Å²) in [5, 5.41) is 2.82. The van der Waals surface area contributed by atoms with E-state index in [1.807, 2.05) is 6.92 Å². The number of methoxy groups -OCH3 is 1. The lowest BCUT2D eigenvalue weighted by Gasteiger charge is -2.17. The summed E-state index contributed by atoms with van der Waals surface area (Å²) in [6, 6.07) is 8.74. The Kier molecular flexibility index (Phi) is 7.51. The van der Waals surface area contributed by atoms with Crippen molar-refractivity contribution in [2.45, 2.75) is 32.7 Å². The Hall–Kier alpha value is -3.53. The van der Waals surface area contributed by atoms with Crippen molar-refractivity contribution in [2.75, 3.05) is 26.5 Å². The molecule has 1 aromatic heterocycles. The number of hydrogen-bond acceptors (Lipinski definition) is 6. The molecule has 0 fully saturated rings. The van der Waals surface area contributed by atoms with Crippen LogP contribution in [-0.2, 0) is 13.0 Å². The quantitative estimate of drug-likeness (QED) is 0.461. The molecule has 0 aliphatic rings. The van der Waals surface area contributed by atoms with Crippen LogP contribution in [0.5, 0.6) is 11.5 Å². The predicted octanol–water partition coefficient (Wildman–Crippen LogP) is 4.97. The standard InChI is InChI=1S/C24H25F3N2O5/c1-5-6-16-19(32-4)10-8-15-12-17(23(31)33-21(15)16)22(30)28-18-9-7-14(13-29(2)3)11-20(18)34-24(25,26)27/h7-12H,5-6,13H2,1-4H3,(H,28,30). The molecule has 0 atom stereocenters. The number of nitrogens with one attached hydrogen (secondary N) is 1. The number of hydrogen-bond donors (Lipinski definition) is 1. The van der Waals surface area contributed by atoms with Gasteiger partial charge in [0.1, 0.15) is 16.9 Å². The molecule has 0 spiro atoms. The lowest BCUT2D eigenvalue weighted by atomic mass is 10.0. The Morgan fingerprint density at radius 1 is 1.12 bits per heavy atom. The largest absolute Gasteiger partial charge is 0.573 e. The summed E-state index contributed by atoms with van der Waals surface area (Å²) < 4.78 is 53.8. The van der Waals surface area contributed by atoms with Gasteiger partial charge in [-0.3, -0.25) is 4.79 Å². The minimum Gasteiger partial charge on any atom is -0.496 e. The van der Waals surface area contributed by atoms with Gasteiger partial charge in [0.25, 0.3) is 5.91 Å². The molecule has 0 unspecified atom stereocenters. The van der Waals surface area contributed by atoms with Crippen LogP contribution in [0.2, 0.25) is 0 Å². The van der Waals surface area contributed by atoms with Gasteiger partial charge in [0.2, 0.25) is 0 Å². The van der Waals surface area contributed by atoms with E-state index in [0.717, 1.165) is 6.42 Å². The van der Waals surface area contributed by atoms with E-state index in [4.69, 9.17) is 9.15 Å². The van der Waals surface area contributed by atoms with E-state index < -0.39 is 23.6 Å². The number of benzene rings is 2. The smallest absolute Gasteiger partial charge is 0.496 e. The fourth-order valence-corrected chi connectivity index (χ4v) is 3.59. The van der Waals surface area contributed by atoms with Crippen LogP contribution in [0.1, 0.15) is 34.8 Å². The Balaban J connectivity index is 1.99. The highest BCUT2D eigenvalue weighted by Gasteiger charge is 2.32. The molecule has 3 aromatic rings.